The zero-order valence-corrected chi connectivity index (χ0v) is 18.5. The second-order valence-electron chi connectivity index (χ2n) is 4.29. The van der Waals surface area contributed by atoms with Crippen LogP contribution in [0.1, 0.15) is 20.8 Å². The molecule has 0 spiro atoms. The van der Waals surface area contributed by atoms with Crippen LogP contribution in [0, 0.1) is 10.1 Å². The first-order valence-corrected chi connectivity index (χ1v) is 6.69. The molecule has 0 unspecified atom stereocenters. The first-order chi connectivity index (χ1) is 11.9. The molecule has 0 aliphatic rings. The van der Waals surface area contributed by atoms with Crippen LogP contribution in [0.3, 0.4) is 0 Å². The standard InChI is InChI=1S/C9H7N2O3.3C2H4O2.Pb/c12-10-6-5-9(11(13)14)7-3-1-2-4-8(7)10;3*1-2(3)4;/h1-6H,(H,13,14);3*1H3,(H,3,4);/q+1;;;;/p-3. The van der Waals surface area contributed by atoms with E-state index in [0.717, 1.165) is 20.8 Å². The van der Waals surface area contributed by atoms with Gasteiger partial charge in [-0.25, -0.2) is 5.21 Å². The summed E-state index contributed by atoms with van der Waals surface area (Å²) in [4.78, 5) is 37.2. The molecule has 12 heteroatoms. The third-order valence-corrected chi connectivity index (χ3v) is 1.99. The van der Waals surface area contributed by atoms with E-state index in [0.29, 0.717) is 15.6 Å². The van der Waals surface area contributed by atoms with Crippen molar-refractivity contribution in [1.29, 1.82) is 0 Å². The molecule has 1 aromatic carbocycles. The monoisotopic (exact) mass is 576 g/mol. The number of pyridine rings is 1. The molecular weight excluding hydrogens is 559 g/mol. The summed E-state index contributed by atoms with van der Waals surface area (Å²) in [5.41, 5.74) is 0.410. The van der Waals surface area contributed by atoms with Crippen LogP contribution in [0.15, 0.2) is 36.5 Å². The summed E-state index contributed by atoms with van der Waals surface area (Å²) in [6, 6.07) is 7.82. The van der Waals surface area contributed by atoms with E-state index in [2.05, 4.69) is 0 Å². The number of carboxylic acid groups (broad SMARTS) is 3. The maximum Gasteiger partial charge on any atom is 0.336 e. The fraction of sp³-hybridized carbons (Fsp3) is 0.200. The molecule has 4 radical (unpaired) electrons. The predicted molar refractivity (Wildman–Crippen MR) is 85.8 cm³/mol. The Morgan fingerprint density at radius 3 is 1.67 bits per heavy atom. The van der Waals surface area contributed by atoms with Crippen LogP contribution in [-0.2, 0) is 14.4 Å². The van der Waals surface area contributed by atoms with Gasteiger partial charge in [0, 0.05) is 51.3 Å². The van der Waals surface area contributed by atoms with Crippen molar-refractivity contribution in [3.8, 4) is 0 Å². The topological polar surface area (TPSA) is 188 Å². The van der Waals surface area contributed by atoms with Crippen molar-refractivity contribution in [3.05, 3.63) is 46.6 Å². The minimum Gasteiger partial charge on any atom is -0.618 e. The first-order valence-electron chi connectivity index (χ1n) is 6.69. The number of carbonyl (C=O) groups excluding carboxylic acids is 3. The van der Waals surface area contributed by atoms with Crippen LogP contribution < -0.4 is 20.0 Å². The van der Waals surface area contributed by atoms with Gasteiger partial charge in [-0.3, -0.25) is 0 Å². The molecule has 0 aliphatic carbocycles. The number of benzene rings is 1. The molecule has 0 saturated heterocycles. The smallest absolute Gasteiger partial charge is 0.336 e. The van der Waals surface area contributed by atoms with Gasteiger partial charge in [-0.1, -0.05) is 12.1 Å². The van der Waals surface area contributed by atoms with E-state index in [1.54, 1.807) is 24.3 Å². The molecule has 2 rings (SSSR count). The molecule has 11 nitrogen and oxygen atoms in total. The summed E-state index contributed by atoms with van der Waals surface area (Å²) < 4.78 is 0.641. The van der Waals surface area contributed by atoms with Crippen molar-refractivity contribution in [2.24, 2.45) is 0 Å². The number of fused-ring (bicyclic) bond motifs is 1. The minimum atomic E-state index is -1.08. The van der Waals surface area contributed by atoms with Gasteiger partial charge >= 0.3 is 5.69 Å². The van der Waals surface area contributed by atoms with E-state index < -0.39 is 17.9 Å². The second-order valence-corrected chi connectivity index (χ2v) is 4.29. The van der Waals surface area contributed by atoms with E-state index in [4.69, 9.17) is 34.9 Å². The summed E-state index contributed by atoms with van der Waals surface area (Å²) in [6.45, 7) is 2.92. The fourth-order valence-corrected chi connectivity index (χ4v) is 1.36. The molecule has 0 saturated carbocycles. The summed E-state index contributed by atoms with van der Waals surface area (Å²) >= 11 is 0. The van der Waals surface area contributed by atoms with Gasteiger partial charge in [0.1, 0.15) is 5.39 Å². The van der Waals surface area contributed by atoms with Crippen molar-refractivity contribution < 1.29 is 44.6 Å². The summed E-state index contributed by atoms with van der Waals surface area (Å²) in [7, 11) is 0. The minimum absolute atomic E-state index is 0. The molecule has 146 valence electrons. The van der Waals surface area contributed by atoms with Crippen LogP contribution in [0.2, 0.25) is 0 Å². The van der Waals surface area contributed by atoms with E-state index >= 15 is 0 Å². The average molecular weight is 575 g/mol. The molecule has 1 aromatic heterocycles. The van der Waals surface area contributed by atoms with E-state index in [1.807, 2.05) is 0 Å². The van der Waals surface area contributed by atoms with Gasteiger partial charge in [-0.15, -0.1) is 0 Å². The summed E-state index contributed by atoms with van der Waals surface area (Å²) in [5, 5.41) is 47.1. The molecular formula is C15H16N2O9Pb-2. The normalized spacial score (nSPS) is 8.11. The number of carbonyl (C=O) groups is 3. The van der Waals surface area contributed by atoms with Gasteiger partial charge in [0.15, 0.2) is 6.20 Å². The Bertz CT molecular complexity index is 740. The van der Waals surface area contributed by atoms with Crippen molar-refractivity contribution >= 4 is 61.8 Å². The van der Waals surface area contributed by atoms with Gasteiger partial charge in [0.05, 0.1) is 11.0 Å². The number of rotatable bonds is 1. The SMILES string of the molecule is CC(=O)[O-].CC(=O)[O-].CC(=O)[O-].O=[N+](O)c1cc[n+]([O-])c2ccccc12.[Pb]. The first kappa shape index (κ1) is 28.9. The third kappa shape index (κ3) is 16.4. The number of para-hydroxylation sites is 1. The molecule has 2 aromatic rings. The van der Waals surface area contributed by atoms with Crippen molar-refractivity contribution in [2.45, 2.75) is 20.8 Å². The number of aromatic nitrogens is 1. The molecule has 1 heterocycles. The number of nitrogens with zero attached hydrogens (tertiary/aromatic N) is 2. The molecule has 0 aliphatic heterocycles. The summed E-state index contributed by atoms with van der Waals surface area (Å²) in [6.07, 6.45) is 1.18. The quantitative estimate of drug-likeness (QED) is 0.162. The number of carboxylic acids is 3. The van der Waals surface area contributed by atoms with Crippen LogP contribution in [0.4, 0.5) is 5.69 Å². The Morgan fingerprint density at radius 2 is 1.30 bits per heavy atom. The summed E-state index contributed by atoms with van der Waals surface area (Å²) in [5.74, 6) is -3.25. The van der Waals surface area contributed by atoms with Crippen LogP contribution in [-0.4, -0.2) is 55.3 Å². The largest absolute Gasteiger partial charge is 0.618 e. The molecule has 0 fully saturated rings. The average Bonchev–Trinajstić information content (AvgIpc) is 2.45. The Hall–Kier alpha value is -2.84. The van der Waals surface area contributed by atoms with Gasteiger partial charge in [0.2, 0.25) is 5.52 Å². The van der Waals surface area contributed by atoms with Gasteiger partial charge in [0.25, 0.3) is 4.92 Å². The Kier molecular flexibility index (Phi) is 16.5. The van der Waals surface area contributed by atoms with Crippen LogP contribution >= 0.6 is 0 Å². The zero-order chi connectivity index (χ0) is 20.9. The molecule has 1 N–H and O–H groups in total. The van der Waals surface area contributed by atoms with E-state index in [9.17, 15) is 10.1 Å². The molecule has 0 atom stereocenters. The van der Waals surface area contributed by atoms with Gasteiger partial charge in [-0.05, 0) is 26.8 Å². The predicted octanol–water partition coefficient (Wildman–Crippen LogP) is -2.84. The second kappa shape index (κ2) is 15.4. The molecule has 0 amide bonds. The van der Waals surface area contributed by atoms with E-state index in [1.165, 1.54) is 12.3 Å². The van der Waals surface area contributed by atoms with Crippen LogP contribution in [0.25, 0.3) is 10.9 Å². The third-order valence-electron chi connectivity index (χ3n) is 1.99. The van der Waals surface area contributed by atoms with E-state index in [-0.39, 0.29) is 37.9 Å². The maximum absolute atomic E-state index is 11.3. The Morgan fingerprint density at radius 1 is 0.926 bits per heavy atom. The van der Waals surface area contributed by atoms with Gasteiger partial charge in [-0.2, -0.15) is 4.73 Å². The molecule has 0 bridgehead atoms. The van der Waals surface area contributed by atoms with Crippen LogP contribution in [0.5, 0.6) is 0 Å². The van der Waals surface area contributed by atoms with Crippen molar-refractivity contribution in [2.75, 3.05) is 0 Å². The number of hydrogen-bond acceptors (Lipinski definition) is 8. The zero-order valence-electron chi connectivity index (χ0n) is 14.6. The Labute approximate surface area is 173 Å². The van der Waals surface area contributed by atoms with Gasteiger partial charge < -0.3 is 34.9 Å². The number of hydrogen-bond donors (Lipinski definition) is 1. The van der Waals surface area contributed by atoms with Crippen molar-refractivity contribution in [1.82, 2.24) is 0 Å². The van der Waals surface area contributed by atoms with Crippen molar-refractivity contribution in [3.63, 3.8) is 0 Å². The maximum atomic E-state index is 11.3. The number of aliphatic carboxylic acids is 3. The fourth-order valence-electron chi connectivity index (χ4n) is 1.36. The Balaban J connectivity index is -0.000000371. The molecule has 27 heavy (non-hydrogen) atoms.